The van der Waals surface area contributed by atoms with Gasteiger partial charge < -0.3 is 34.3 Å². The first-order valence-corrected chi connectivity index (χ1v) is 11.1. The van der Waals surface area contributed by atoms with Crippen LogP contribution in [0.1, 0.15) is 22.6 Å². The Balaban J connectivity index is 1.88. The molecule has 0 amide bonds. The lowest BCUT2D eigenvalue weighted by Gasteiger charge is -2.40. The van der Waals surface area contributed by atoms with E-state index in [1.165, 1.54) is 26.4 Å². The first-order chi connectivity index (χ1) is 16.8. The molecule has 1 aliphatic carbocycles. The topological polar surface area (TPSA) is 115 Å². The first-order valence-electron chi connectivity index (χ1n) is 11.1. The number of carbonyl (C=O) groups is 1. The molecule has 1 saturated carbocycles. The number of aromatic hydroxyl groups is 1. The number of rotatable bonds is 5. The lowest BCUT2D eigenvalue weighted by atomic mass is 9.70. The Morgan fingerprint density at radius 3 is 2.26 bits per heavy atom. The number of hydrogen-bond acceptors (Lipinski definition) is 8. The number of fused-ring (bicyclic) bond motifs is 3. The highest BCUT2D eigenvalue weighted by atomic mass is 16.5. The number of carbonyl (C=O) groups excluding carboxylic acids is 1. The van der Waals surface area contributed by atoms with Gasteiger partial charge >= 0.3 is 5.97 Å². The normalized spacial score (nSPS) is 28.5. The van der Waals surface area contributed by atoms with Gasteiger partial charge in [-0.2, -0.15) is 0 Å². The minimum atomic E-state index is -2.14. The number of phenols is 1. The van der Waals surface area contributed by atoms with Crippen molar-refractivity contribution in [2.24, 2.45) is 5.92 Å². The Hall–Kier alpha value is -3.75. The predicted molar refractivity (Wildman–Crippen MR) is 125 cm³/mol. The molecule has 0 saturated heterocycles. The van der Waals surface area contributed by atoms with Crippen LogP contribution >= 0.6 is 0 Å². The summed E-state index contributed by atoms with van der Waals surface area (Å²) in [5, 5.41) is 34.6. The van der Waals surface area contributed by atoms with Gasteiger partial charge in [-0.05, 0) is 23.3 Å². The Morgan fingerprint density at radius 1 is 0.971 bits per heavy atom. The Kier molecular flexibility index (Phi) is 5.38. The Morgan fingerprint density at radius 2 is 1.66 bits per heavy atom. The second kappa shape index (κ2) is 8.18. The van der Waals surface area contributed by atoms with Crippen molar-refractivity contribution in [3.63, 3.8) is 0 Å². The summed E-state index contributed by atoms with van der Waals surface area (Å²) in [7, 11) is 4.17. The first kappa shape index (κ1) is 23.0. The molecule has 35 heavy (non-hydrogen) atoms. The predicted octanol–water partition coefficient (Wildman–Crippen LogP) is 2.83. The highest BCUT2D eigenvalue weighted by Gasteiger charge is 2.78. The van der Waals surface area contributed by atoms with E-state index in [1.54, 1.807) is 31.4 Å². The minimum absolute atomic E-state index is 0.120. The van der Waals surface area contributed by atoms with Crippen LogP contribution < -0.4 is 14.2 Å². The summed E-state index contributed by atoms with van der Waals surface area (Å²) in [4.78, 5) is 13.1. The molecule has 182 valence electrons. The van der Waals surface area contributed by atoms with Crippen LogP contribution in [0.4, 0.5) is 0 Å². The maximum Gasteiger partial charge on any atom is 0.312 e. The number of methoxy groups -OCH3 is 3. The zero-order chi connectivity index (χ0) is 25.0. The molecule has 0 bridgehead atoms. The molecule has 1 aliphatic heterocycles. The maximum absolute atomic E-state index is 13.1. The van der Waals surface area contributed by atoms with Gasteiger partial charge in [0.25, 0.3) is 0 Å². The van der Waals surface area contributed by atoms with Crippen molar-refractivity contribution in [1.82, 2.24) is 0 Å². The van der Waals surface area contributed by atoms with Crippen molar-refractivity contribution in [1.29, 1.82) is 0 Å². The molecule has 5 atom stereocenters. The standard InChI is InChI=1S/C27H26O8/c1-32-18-11-9-16(10-12-18)27-22(15-7-5-4-6-8-15)21(25(30)34-3)24(29)26(27,31)23-19(33-2)13-17(28)14-20(23)35-27/h4-14,21-22,24,28-29,31H,1-3H3/t21?,22?,24?,26-,27-/m0/s1. The molecule has 1 fully saturated rings. The van der Waals surface area contributed by atoms with E-state index in [0.717, 1.165) is 0 Å². The van der Waals surface area contributed by atoms with E-state index in [1.807, 2.05) is 30.3 Å². The molecule has 3 N–H and O–H groups in total. The van der Waals surface area contributed by atoms with Crippen molar-refractivity contribution in [3.8, 4) is 23.0 Å². The van der Waals surface area contributed by atoms with Gasteiger partial charge in [0.1, 0.15) is 29.1 Å². The zero-order valence-corrected chi connectivity index (χ0v) is 19.5. The van der Waals surface area contributed by atoms with Gasteiger partial charge in [0, 0.05) is 18.1 Å². The molecular weight excluding hydrogens is 452 g/mol. The van der Waals surface area contributed by atoms with Gasteiger partial charge in [0.05, 0.1) is 32.8 Å². The summed E-state index contributed by atoms with van der Waals surface area (Å²) < 4.78 is 22.5. The van der Waals surface area contributed by atoms with Crippen molar-refractivity contribution in [2.45, 2.75) is 23.2 Å². The quantitative estimate of drug-likeness (QED) is 0.480. The van der Waals surface area contributed by atoms with Gasteiger partial charge in [0.2, 0.25) is 0 Å². The van der Waals surface area contributed by atoms with Gasteiger partial charge in [-0.1, -0.05) is 42.5 Å². The van der Waals surface area contributed by atoms with Gasteiger partial charge in [-0.3, -0.25) is 4.79 Å². The second-order valence-corrected chi connectivity index (χ2v) is 8.74. The number of aliphatic hydroxyl groups excluding tert-OH is 1. The molecule has 1 heterocycles. The Labute approximate surface area is 202 Å². The lowest BCUT2D eigenvalue weighted by Crippen LogP contribution is -2.52. The summed E-state index contributed by atoms with van der Waals surface area (Å²) in [6.45, 7) is 0. The second-order valence-electron chi connectivity index (χ2n) is 8.74. The molecule has 3 aromatic rings. The van der Waals surface area contributed by atoms with Gasteiger partial charge in [-0.15, -0.1) is 0 Å². The van der Waals surface area contributed by atoms with Crippen LogP contribution in [0.3, 0.4) is 0 Å². The van der Waals surface area contributed by atoms with E-state index < -0.39 is 35.1 Å². The average molecular weight is 478 g/mol. The molecule has 3 unspecified atom stereocenters. The third-order valence-electron chi connectivity index (χ3n) is 7.21. The Bertz CT molecular complexity index is 1260. The van der Waals surface area contributed by atoms with Gasteiger partial charge in [0.15, 0.2) is 11.2 Å². The fraction of sp³-hybridized carbons (Fsp3) is 0.296. The van der Waals surface area contributed by atoms with Crippen LogP contribution in [0, 0.1) is 5.92 Å². The van der Waals surface area contributed by atoms with Crippen LogP contribution in [0.5, 0.6) is 23.0 Å². The zero-order valence-electron chi connectivity index (χ0n) is 19.5. The molecular formula is C27H26O8. The van der Waals surface area contributed by atoms with Crippen molar-refractivity contribution in [2.75, 3.05) is 21.3 Å². The fourth-order valence-corrected chi connectivity index (χ4v) is 5.79. The van der Waals surface area contributed by atoms with E-state index in [4.69, 9.17) is 18.9 Å². The largest absolute Gasteiger partial charge is 0.508 e. The molecule has 3 aromatic carbocycles. The highest BCUT2D eigenvalue weighted by molar-refractivity contribution is 5.78. The van der Waals surface area contributed by atoms with E-state index in [2.05, 4.69) is 0 Å². The SMILES string of the molecule is COC(=O)C1C(O)[C@@]2(O)c3c(OC)cc(O)cc3O[C@@]2(c2ccc(OC)cc2)C1c1ccccc1. The van der Waals surface area contributed by atoms with E-state index in [-0.39, 0.29) is 22.8 Å². The molecule has 2 aliphatic rings. The molecule has 8 nitrogen and oxygen atoms in total. The number of hydrogen-bond donors (Lipinski definition) is 3. The fourth-order valence-electron chi connectivity index (χ4n) is 5.79. The summed E-state index contributed by atoms with van der Waals surface area (Å²) in [5.74, 6) is -2.03. The third kappa shape index (κ3) is 2.96. The molecule has 0 aromatic heterocycles. The molecule has 0 radical (unpaired) electrons. The van der Waals surface area contributed by atoms with Crippen molar-refractivity contribution < 1.29 is 39.1 Å². The molecule has 8 heteroatoms. The summed E-state index contributed by atoms with van der Waals surface area (Å²) in [6.07, 6.45) is -1.64. The van der Waals surface area contributed by atoms with E-state index in [9.17, 15) is 20.1 Å². The monoisotopic (exact) mass is 478 g/mol. The summed E-state index contributed by atoms with van der Waals surface area (Å²) >= 11 is 0. The van der Waals surface area contributed by atoms with Gasteiger partial charge in [-0.25, -0.2) is 0 Å². The van der Waals surface area contributed by atoms with Crippen molar-refractivity contribution in [3.05, 3.63) is 83.4 Å². The number of benzene rings is 3. The highest BCUT2D eigenvalue weighted by Crippen LogP contribution is 2.70. The number of esters is 1. The third-order valence-corrected chi connectivity index (χ3v) is 7.21. The smallest absolute Gasteiger partial charge is 0.312 e. The number of ether oxygens (including phenoxy) is 4. The molecule has 5 rings (SSSR count). The minimum Gasteiger partial charge on any atom is -0.508 e. The van der Waals surface area contributed by atoms with Crippen LogP contribution in [0.2, 0.25) is 0 Å². The maximum atomic E-state index is 13.1. The van der Waals surface area contributed by atoms with Crippen LogP contribution in [0.15, 0.2) is 66.7 Å². The van der Waals surface area contributed by atoms with Crippen LogP contribution in [-0.4, -0.2) is 48.7 Å². The van der Waals surface area contributed by atoms with E-state index >= 15 is 0 Å². The molecule has 0 spiro atoms. The number of aliphatic hydroxyl groups is 2. The number of phenolic OH excluding ortho intramolecular Hbond substituents is 1. The van der Waals surface area contributed by atoms with Crippen LogP contribution in [-0.2, 0) is 20.7 Å². The summed E-state index contributed by atoms with van der Waals surface area (Å²) in [6, 6.07) is 18.6. The van der Waals surface area contributed by atoms with E-state index in [0.29, 0.717) is 16.9 Å². The summed E-state index contributed by atoms with van der Waals surface area (Å²) in [5.41, 5.74) is -2.52. The lowest BCUT2D eigenvalue weighted by molar-refractivity contribution is -0.161. The van der Waals surface area contributed by atoms with Crippen molar-refractivity contribution >= 4 is 5.97 Å². The average Bonchev–Trinajstić information content (AvgIpc) is 3.26. The van der Waals surface area contributed by atoms with Crippen LogP contribution in [0.25, 0.3) is 0 Å².